The minimum absolute atomic E-state index is 0.0648. The molecule has 0 aliphatic carbocycles. The van der Waals surface area contributed by atoms with E-state index in [4.69, 9.17) is 4.74 Å². The Balaban J connectivity index is 1.31. The first-order valence-corrected chi connectivity index (χ1v) is 16.4. The number of benzene rings is 3. The summed E-state index contributed by atoms with van der Waals surface area (Å²) in [4.78, 5) is 60.5. The zero-order valence-electron chi connectivity index (χ0n) is 26.9. The van der Waals surface area contributed by atoms with Crippen LogP contribution < -0.4 is 0 Å². The lowest BCUT2D eigenvalue weighted by Gasteiger charge is -2.55. The van der Waals surface area contributed by atoms with Crippen LogP contribution in [0.4, 0.5) is 0 Å². The van der Waals surface area contributed by atoms with Crippen molar-refractivity contribution in [1.29, 1.82) is 0 Å². The highest BCUT2D eigenvalue weighted by Crippen LogP contribution is 2.30. The monoisotopic (exact) mass is 651 g/mol. The van der Waals surface area contributed by atoms with Crippen LogP contribution in [0.3, 0.4) is 0 Å². The highest BCUT2D eigenvalue weighted by Gasteiger charge is 2.51. The molecule has 250 valence electrons. The van der Waals surface area contributed by atoms with E-state index >= 15 is 0 Å². The van der Waals surface area contributed by atoms with Crippen LogP contribution in [0, 0.1) is 0 Å². The Bertz CT molecular complexity index is 1640. The third-order valence-corrected chi connectivity index (χ3v) is 9.11. The van der Waals surface area contributed by atoms with E-state index in [-0.39, 0.29) is 68.4 Å². The lowest BCUT2D eigenvalue weighted by Crippen LogP contribution is -2.75. The van der Waals surface area contributed by atoms with Gasteiger partial charge >= 0.3 is 0 Å². The zero-order valence-corrected chi connectivity index (χ0v) is 26.9. The molecule has 1 N–H and O–H groups in total. The Kier molecular flexibility index (Phi) is 10.2. The van der Waals surface area contributed by atoms with Gasteiger partial charge in [-0.2, -0.15) is 0 Å². The number of rotatable bonds is 10. The fourth-order valence-electron chi connectivity index (χ4n) is 6.74. The number of hydrazine groups is 1. The van der Waals surface area contributed by atoms with Gasteiger partial charge in [0.1, 0.15) is 18.0 Å². The molecule has 0 unspecified atom stereocenters. The highest BCUT2D eigenvalue weighted by molar-refractivity contribution is 5.95. The number of ether oxygens (including phenoxy) is 1. The maximum absolute atomic E-state index is 14.3. The van der Waals surface area contributed by atoms with E-state index in [1.54, 1.807) is 61.1 Å². The van der Waals surface area contributed by atoms with Gasteiger partial charge in [-0.3, -0.25) is 19.2 Å². The number of fused-ring (bicyclic) bond motifs is 1. The molecule has 3 aromatic rings. The summed E-state index contributed by atoms with van der Waals surface area (Å²) in [7, 11) is 0. The smallest absolute Gasteiger partial charge is 0.254 e. The summed E-state index contributed by atoms with van der Waals surface area (Å²) < 4.78 is 5.40. The molecule has 11 heteroatoms. The largest absolute Gasteiger partial charge is 0.508 e. The Hall–Kier alpha value is -5.00. The minimum atomic E-state index is -0.880. The van der Waals surface area contributed by atoms with Gasteiger partial charge in [0.15, 0.2) is 0 Å². The molecule has 3 heterocycles. The topological polar surface area (TPSA) is 114 Å². The van der Waals surface area contributed by atoms with Gasteiger partial charge in [0.2, 0.25) is 17.7 Å². The van der Waals surface area contributed by atoms with E-state index in [0.29, 0.717) is 38.3 Å². The van der Waals surface area contributed by atoms with Gasteiger partial charge in [-0.05, 0) is 47.4 Å². The van der Waals surface area contributed by atoms with E-state index < -0.39 is 12.2 Å². The number of piperazine rings is 1. The average Bonchev–Trinajstić information content (AvgIpc) is 3.10. The molecule has 6 rings (SSSR count). The normalized spacial score (nSPS) is 20.1. The van der Waals surface area contributed by atoms with E-state index in [1.807, 2.05) is 48.5 Å². The molecule has 3 aromatic carbocycles. The molecule has 0 bridgehead atoms. The molecule has 0 spiro atoms. The van der Waals surface area contributed by atoms with Gasteiger partial charge in [-0.25, -0.2) is 10.0 Å². The molecular weight excluding hydrogens is 610 g/mol. The Morgan fingerprint density at radius 3 is 2.38 bits per heavy atom. The molecule has 11 nitrogen and oxygen atoms in total. The summed E-state index contributed by atoms with van der Waals surface area (Å²) >= 11 is 0. The van der Waals surface area contributed by atoms with Crippen molar-refractivity contribution in [3.63, 3.8) is 0 Å². The van der Waals surface area contributed by atoms with Crippen LogP contribution in [0.5, 0.6) is 5.75 Å². The number of nitrogens with zero attached hydrogens (tertiary/aromatic N) is 5. The fourth-order valence-corrected chi connectivity index (χ4v) is 6.74. The molecule has 0 radical (unpaired) electrons. The minimum Gasteiger partial charge on any atom is -0.508 e. The first-order chi connectivity index (χ1) is 23.3. The summed E-state index contributed by atoms with van der Waals surface area (Å²) in [5.74, 6) is -0.632. The molecule has 0 aromatic heterocycles. The lowest BCUT2D eigenvalue weighted by molar-refractivity contribution is -0.205. The number of phenolic OH excluding ortho intramolecular Hbond substituents is 1. The molecular formula is C37H41N5O6. The predicted molar refractivity (Wildman–Crippen MR) is 178 cm³/mol. The van der Waals surface area contributed by atoms with Crippen LogP contribution in [0.15, 0.2) is 91.5 Å². The van der Waals surface area contributed by atoms with Gasteiger partial charge in [-0.15, -0.1) is 6.58 Å². The number of hydrogen-bond acceptors (Lipinski definition) is 7. The molecule has 3 fully saturated rings. The van der Waals surface area contributed by atoms with Crippen molar-refractivity contribution < 1.29 is 29.0 Å². The van der Waals surface area contributed by atoms with Gasteiger partial charge in [0.25, 0.3) is 5.91 Å². The van der Waals surface area contributed by atoms with Crippen LogP contribution >= 0.6 is 0 Å². The summed E-state index contributed by atoms with van der Waals surface area (Å²) in [5, 5.41) is 13.2. The van der Waals surface area contributed by atoms with Crippen molar-refractivity contribution in [2.45, 2.75) is 38.0 Å². The second-order valence-corrected chi connectivity index (χ2v) is 12.4. The Morgan fingerprint density at radius 1 is 0.917 bits per heavy atom. The molecule has 3 aliphatic heterocycles. The van der Waals surface area contributed by atoms with Gasteiger partial charge in [-0.1, -0.05) is 60.7 Å². The van der Waals surface area contributed by atoms with Gasteiger partial charge in [0, 0.05) is 44.6 Å². The fraction of sp³-hybridized carbons (Fsp3) is 0.351. The number of hydrogen-bond donors (Lipinski definition) is 1. The standard InChI is InChI=1S/C37H41N5O6/c1-2-17-40-26-35(45)41-32(23-28-11-14-31(43)15-12-28)37(47)39(25-33(41)42(40)34(44)16-13-27-7-4-3-5-8-27)24-29-9-6-10-30(22-29)36(46)38-18-20-48-21-19-38/h2-12,14-15,22,32-33,43H,1,13,16-21,23-26H2/t32-,33-/m0/s1. The number of phenols is 1. The predicted octanol–water partition coefficient (Wildman–Crippen LogP) is 2.85. The first-order valence-electron chi connectivity index (χ1n) is 16.4. The van der Waals surface area contributed by atoms with Crippen molar-refractivity contribution in [3.8, 4) is 5.75 Å². The second kappa shape index (κ2) is 14.8. The maximum Gasteiger partial charge on any atom is 0.254 e. The van der Waals surface area contributed by atoms with Crippen molar-refractivity contribution in [2.24, 2.45) is 0 Å². The number of aromatic hydroxyl groups is 1. The number of carbonyl (C=O) groups is 4. The van der Waals surface area contributed by atoms with Crippen molar-refractivity contribution in [1.82, 2.24) is 24.7 Å². The summed E-state index contributed by atoms with van der Waals surface area (Å²) in [6, 6.07) is 22.7. The van der Waals surface area contributed by atoms with E-state index in [9.17, 15) is 24.3 Å². The Labute approximate surface area is 280 Å². The molecule has 3 saturated heterocycles. The lowest BCUT2D eigenvalue weighted by atomic mass is 9.97. The van der Waals surface area contributed by atoms with E-state index in [1.165, 1.54) is 0 Å². The van der Waals surface area contributed by atoms with Crippen LogP contribution in [0.25, 0.3) is 0 Å². The third-order valence-electron chi connectivity index (χ3n) is 9.11. The number of morpholine rings is 1. The van der Waals surface area contributed by atoms with E-state index in [2.05, 4.69) is 6.58 Å². The van der Waals surface area contributed by atoms with Crippen molar-refractivity contribution >= 4 is 23.6 Å². The second-order valence-electron chi connectivity index (χ2n) is 12.4. The van der Waals surface area contributed by atoms with Crippen LogP contribution in [-0.4, -0.2) is 112 Å². The quantitative estimate of drug-likeness (QED) is 0.336. The van der Waals surface area contributed by atoms with E-state index in [0.717, 1.165) is 16.7 Å². The summed E-state index contributed by atoms with van der Waals surface area (Å²) in [6.07, 6.45) is 1.88. The highest BCUT2D eigenvalue weighted by atomic mass is 16.5. The van der Waals surface area contributed by atoms with Gasteiger partial charge in [0.05, 0.1) is 26.3 Å². The van der Waals surface area contributed by atoms with Gasteiger partial charge < -0.3 is 24.5 Å². The van der Waals surface area contributed by atoms with Crippen LogP contribution in [-0.2, 0) is 38.5 Å². The molecule has 2 atom stereocenters. The average molecular weight is 652 g/mol. The van der Waals surface area contributed by atoms with Crippen molar-refractivity contribution in [2.75, 3.05) is 45.9 Å². The Morgan fingerprint density at radius 2 is 1.65 bits per heavy atom. The number of amides is 4. The number of aryl methyl sites for hydroxylation is 1. The maximum atomic E-state index is 14.3. The van der Waals surface area contributed by atoms with Crippen molar-refractivity contribution in [3.05, 3.63) is 114 Å². The van der Waals surface area contributed by atoms with Crippen LogP contribution in [0.2, 0.25) is 0 Å². The molecule has 3 aliphatic rings. The zero-order chi connectivity index (χ0) is 33.6. The molecule has 48 heavy (non-hydrogen) atoms. The summed E-state index contributed by atoms with van der Waals surface area (Å²) in [6.45, 7) is 6.41. The molecule has 0 saturated carbocycles. The van der Waals surface area contributed by atoms with Crippen LogP contribution in [0.1, 0.15) is 33.5 Å². The summed E-state index contributed by atoms with van der Waals surface area (Å²) in [5.41, 5.74) is 3.10. The molecule has 4 amide bonds. The first kappa shape index (κ1) is 32.9. The number of carbonyl (C=O) groups excluding carboxylic acids is 4. The third kappa shape index (κ3) is 7.27. The SMILES string of the molecule is C=CCN1CC(=O)N2[C@@H](Cc3ccc(O)cc3)C(=O)N(Cc3cccc(C(=O)N4CCOCC4)c3)C[C@@H]2N1C(=O)CCc1ccccc1.